The van der Waals surface area contributed by atoms with Crippen LogP contribution in [0.1, 0.15) is 25.8 Å². The van der Waals surface area contributed by atoms with Crippen LogP contribution in [-0.4, -0.2) is 30.6 Å². The van der Waals surface area contributed by atoms with Crippen LogP contribution in [-0.2, 0) is 16.1 Å². The lowest BCUT2D eigenvalue weighted by atomic mass is 10.1. The van der Waals surface area contributed by atoms with E-state index in [0.29, 0.717) is 13.2 Å². The summed E-state index contributed by atoms with van der Waals surface area (Å²) in [7, 11) is 0. The second-order valence-electron chi connectivity index (χ2n) is 4.79. The minimum atomic E-state index is -0.144. The van der Waals surface area contributed by atoms with E-state index in [9.17, 15) is 4.79 Å². The second kappa shape index (κ2) is 6.53. The van der Waals surface area contributed by atoms with Gasteiger partial charge in [0.15, 0.2) is 0 Å². The number of carbonyl (C=O) groups is 1. The van der Waals surface area contributed by atoms with Crippen molar-refractivity contribution in [1.29, 1.82) is 0 Å². The maximum absolute atomic E-state index is 11.9. The van der Waals surface area contributed by atoms with Gasteiger partial charge in [-0.3, -0.25) is 4.90 Å². The fraction of sp³-hybridized carbons (Fsp3) is 0.438. The van der Waals surface area contributed by atoms with Crippen molar-refractivity contribution in [3.05, 3.63) is 47.0 Å². The number of esters is 1. The van der Waals surface area contributed by atoms with Crippen molar-refractivity contribution >= 4 is 5.97 Å². The summed E-state index contributed by atoms with van der Waals surface area (Å²) in [6.07, 6.45) is 0.916. The van der Waals surface area contributed by atoms with Gasteiger partial charge in [0.05, 0.1) is 12.2 Å². The van der Waals surface area contributed by atoms with Crippen LogP contribution in [0.25, 0.3) is 0 Å². The Morgan fingerprint density at radius 1 is 1.21 bits per heavy atom. The molecule has 1 aromatic carbocycles. The van der Waals surface area contributed by atoms with Gasteiger partial charge in [0.25, 0.3) is 0 Å². The summed E-state index contributed by atoms with van der Waals surface area (Å²) in [4.78, 5) is 14.2. The van der Waals surface area contributed by atoms with Gasteiger partial charge in [-0.15, -0.1) is 0 Å². The number of hydrogen-bond acceptors (Lipinski definition) is 3. The van der Waals surface area contributed by atoms with Crippen molar-refractivity contribution in [3.63, 3.8) is 0 Å². The van der Waals surface area contributed by atoms with Gasteiger partial charge in [0.1, 0.15) is 0 Å². The molecule has 19 heavy (non-hydrogen) atoms. The van der Waals surface area contributed by atoms with Crippen molar-refractivity contribution in [2.75, 3.05) is 19.7 Å². The summed E-state index contributed by atoms with van der Waals surface area (Å²) >= 11 is 0. The third-order valence-corrected chi connectivity index (χ3v) is 3.42. The van der Waals surface area contributed by atoms with E-state index in [1.54, 1.807) is 0 Å². The molecule has 0 fully saturated rings. The number of rotatable bonds is 5. The SMILES string of the molecule is CCOC(=O)C1=C(CC)CN(Cc2ccccc2)C1. The molecule has 1 heterocycles. The first-order valence-electron chi connectivity index (χ1n) is 6.88. The summed E-state index contributed by atoms with van der Waals surface area (Å²) in [6.45, 7) is 6.85. The van der Waals surface area contributed by atoms with Gasteiger partial charge >= 0.3 is 5.97 Å². The lowest BCUT2D eigenvalue weighted by Crippen LogP contribution is -2.22. The molecule has 3 nitrogen and oxygen atoms in total. The first-order chi connectivity index (χ1) is 9.24. The second-order valence-corrected chi connectivity index (χ2v) is 4.79. The van der Waals surface area contributed by atoms with Crippen molar-refractivity contribution in [1.82, 2.24) is 4.90 Å². The molecular weight excluding hydrogens is 238 g/mol. The standard InChI is InChI=1S/C16H21NO2/c1-3-14-11-17(10-13-8-6-5-7-9-13)12-15(14)16(18)19-4-2/h5-9H,3-4,10-12H2,1-2H3. The molecule has 3 heteroatoms. The molecule has 0 aliphatic carbocycles. The smallest absolute Gasteiger partial charge is 0.335 e. The van der Waals surface area contributed by atoms with E-state index in [1.807, 2.05) is 25.1 Å². The van der Waals surface area contributed by atoms with Gasteiger partial charge in [-0.2, -0.15) is 0 Å². The van der Waals surface area contributed by atoms with Crippen LogP contribution in [0.4, 0.5) is 0 Å². The Morgan fingerprint density at radius 3 is 2.58 bits per heavy atom. The van der Waals surface area contributed by atoms with E-state index in [1.165, 1.54) is 11.1 Å². The van der Waals surface area contributed by atoms with Crippen LogP contribution in [0.2, 0.25) is 0 Å². The number of hydrogen-bond donors (Lipinski definition) is 0. The third-order valence-electron chi connectivity index (χ3n) is 3.42. The van der Waals surface area contributed by atoms with Crippen LogP contribution >= 0.6 is 0 Å². The molecule has 0 amide bonds. The highest BCUT2D eigenvalue weighted by Crippen LogP contribution is 2.23. The van der Waals surface area contributed by atoms with Gasteiger partial charge in [-0.05, 0) is 24.5 Å². The van der Waals surface area contributed by atoms with E-state index in [-0.39, 0.29) is 5.97 Å². The molecule has 0 bridgehead atoms. The maximum Gasteiger partial charge on any atom is 0.335 e. The van der Waals surface area contributed by atoms with Crippen LogP contribution in [0, 0.1) is 0 Å². The third kappa shape index (κ3) is 3.44. The lowest BCUT2D eigenvalue weighted by Gasteiger charge is -2.15. The zero-order valence-corrected chi connectivity index (χ0v) is 11.7. The monoisotopic (exact) mass is 259 g/mol. The predicted octanol–water partition coefficient (Wildman–Crippen LogP) is 2.77. The molecule has 0 aromatic heterocycles. The molecule has 0 radical (unpaired) electrons. The average molecular weight is 259 g/mol. The highest BCUT2D eigenvalue weighted by Gasteiger charge is 2.26. The van der Waals surface area contributed by atoms with Crippen molar-refractivity contribution in [3.8, 4) is 0 Å². The van der Waals surface area contributed by atoms with E-state index < -0.39 is 0 Å². The molecule has 0 saturated heterocycles. The van der Waals surface area contributed by atoms with Crippen LogP contribution < -0.4 is 0 Å². The molecule has 2 rings (SSSR count). The van der Waals surface area contributed by atoms with Crippen LogP contribution in [0.15, 0.2) is 41.5 Å². The molecular formula is C16H21NO2. The van der Waals surface area contributed by atoms with E-state index in [2.05, 4.69) is 24.0 Å². The van der Waals surface area contributed by atoms with Crippen molar-refractivity contribution in [2.45, 2.75) is 26.8 Å². The number of nitrogens with zero attached hydrogens (tertiary/aromatic N) is 1. The topological polar surface area (TPSA) is 29.5 Å². The van der Waals surface area contributed by atoms with Crippen molar-refractivity contribution < 1.29 is 9.53 Å². The summed E-state index contributed by atoms with van der Waals surface area (Å²) in [5.41, 5.74) is 3.36. The number of carbonyl (C=O) groups excluding carboxylic acids is 1. The Labute approximate surface area is 114 Å². The maximum atomic E-state index is 11.9. The molecule has 0 spiro atoms. The minimum Gasteiger partial charge on any atom is -0.463 e. The molecule has 0 atom stereocenters. The Kier molecular flexibility index (Phi) is 4.74. The zero-order chi connectivity index (χ0) is 13.7. The highest BCUT2D eigenvalue weighted by atomic mass is 16.5. The Morgan fingerprint density at radius 2 is 1.95 bits per heavy atom. The van der Waals surface area contributed by atoms with Crippen LogP contribution in [0.5, 0.6) is 0 Å². The fourth-order valence-electron chi connectivity index (χ4n) is 2.46. The van der Waals surface area contributed by atoms with Gasteiger partial charge in [-0.25, -0.2) is 4.79 Å². The molecule has 1 aliphatic heterocycles. The quantitative estimate of drug-likeness (QED) is 0.762. The average Bonchev–Trinajstić information content (AvgIpc) is 2.83. The van der Waals surface area contributed by atoms with E-state index in [0.717, 1.165) is 25.1 Å². The summed E-state index contributed by atoms with van der Waals surface area (Å²) in [6, 6.07) is 10.4. The molecule has 1 aromatic rings. The lowest BCUT2D eigenvalue weighted by molar-refractivity contribution is -0.138. The fourth-order valence-corrected chi connectivity index (χ4v) is 2.46. The van der Waals surface area contributed by atoms with Crippen molar-refractivity contribution in [2.24, 2.45) is 0 Å². The van der Waals surface area contributed by atoms with Gasteiger partial charge < -0.3 is 4.74 Å². The van der Waals surface area contributed by atoms with Gasteiger partial charge in [-0.1, -0.05) is 37.3 Å². The first kappa shape index (κ1) is 13.8. The minimum absolute atomic E-state index is 0.144. The summed E-state index contributed by atoms with van der Waals surface area (Å²) in [5, 5.41) is 0. The van der Waals surface area contributed by atoms with Gasteiger partial charge in [0.2, 0.25) is 0 Å². The first-order valence-corrected chi connectivity index (χ1v) is 6.88. The summed E-state index contributed by atoms with van der Waals surface area (Å²) < 4.78 is 5.13. The molecule has 0 N–H and O–H groups in total. The molecule has 0 saturated carbocycles. The Balaban J connectivity index is 2.01. The zero-order valence-electron chi connectivity index (χ0n) is 11.7. The Bertz CT molecular complexity index is 465. The summed E-state index contributed by atoms with van der Waals surface area (Å²) in [5.74, 6) is -0.144. The normalized spacial score (nSPS) is 15.9. The van der Waals surface area contributed by atoms with E-state index in [4.69, 9.17) is 4.74 Å². The molecule has 0 unspecified atom stereocenters. The molecule has 102 valence electrons. The molecule has 1 aliphatic rings. The largest absolute Gasteiger partial charge is 0.463 e. The van der Waals surface area contributed by atoms with Gasteiger partial charge in [0, 0.05) is 19.6 Å². The Hall–Kier alpha value is -1.61. The number of benzene rings is 1. The number of ether oxygens (including phenoxy) is 1. The van der Waals surface area contributed by atoms with E-state index >= 15 is 0 Å². The van der Waals surface area contributed by atoms with Crippen LogP contribution in [0.3, 0.4) is 0 Å². The predicted molar refractivity (Wildman–Crippen MR) is 75.7 cm³/mol. The highest BCUT2D eigenvalue weighted by molar-refractivity contribution is 5.90.